The summed E-state index contributed by atoms with van der Waals surface area (Å²) in [5.41, 5.74) is 0. The summed E-state index contributed by atoms with van der Waals surface area (Å²) >= 11 is 0. The molecule has 1 aliphatic rings. The van der Waals surface area contributed by atoms with Crippen molar-refractivity contribution in [1.82, 2.24) is 0 Å². The fraction of sp³-hybridized carbons (Fsp3) is 1.00. The Morgan fingerprint density at radius 3 is 2.60 bits per heavy atom. The molecule has 1 heterocycles. The second-order valence-corrected chi connectivity index (χ2v) is 3.70. The van der Waals surface area contributed by atoms with Crippen LogP contribution < -0.4 is 0 Å². The summed E-state index contributed by atoms with van der Waals surface area (Å²) in [7, 11) is 4.54. The van der Waals surface area contributed by atoms with Crippen LogP contribution in [-0.2, 0) is 4.74 Å². The van der Waals surface area contributed by atoms with Crippen LogP contribution >= 0.6 is 0 Å². The molecule has 1 rings (SSSR count). The van der Waals surface area contributed by atoms with E-state index in [1.807, 2.05) is 0 Å². The van der Waals surface area contributed by atoms with E-state index >= 15 is 0 Å². The lowest BCUT2D eigenvalue weighted by atomic mass is 10.2. The highest BCUT2D eigenvalue weighted by Gasteiger charge is 2.15. The third kappa shape index (κ3) is 2.67. The van der Waals surface area contributed by atoms with E-state index in [0.717, 1.165) is 17.7 Å². The summed E-state index contributed by atoms with van der Waals surface area (Å²) in [4.78, 5) is 0. The van der Waals surface area contributed by atoms with Crippen LogP contribution in [0.5, 0.6) is 0 Å². The van der Waals surface area contributed by atoms with Gasteiger partial charge in [0.05, 0.1) is 27.2 Å². The Morgan fingerprint density at radius 1 is 1.00 bits per heavy atom. The van der Waals surface area contributed by atoms with E-state index in [0.29, 0.717) is 0 Å². The van der Waals surface area contributed by atoms with Crippen LogP contribution in [0.1, 0.15) is 12.8 Å². The van der Waals surface area contributed by atoms with E-state index in [4.69, 9.17) is 4.74 Å². The molecule has 0 spiro atoms. The molecular formula is C8H18NO+. The number of hydrogen-bond donors (Lipinski definition) is 0. The first-order valence-corrected chi connectivity index (χ1v) is 4.10. The van der Waals surface area contributed by atoms with E-state index in [1.165, 1.54) is 25.9 Å². The van der Waals surface area contributed by atoms with Crippen LogP contribution in [0.25, 0.3) is 0 Å². The van der Waals surface area contributed by atoms with Crippen molar-refractivity contribution in [3.05, 3.63) is 0 Å². The maximum Gasteiger partial charge on any atom is 0.102 e. The van der Waals surface area contributed by atoms with E-state index in [-0.39, 0.29) is 0 Å². The molecule has 1 aliphatic heterocycles. The minimum absolute atomic E-state index is 0.938. The van der Waals surface area contributed by atoms with Crippen molar-refractivity contribution in [2.24, 2.45) is 0 Å². The summed E-state index contributed by atoms with van der Waals surface area (Å²) in [6, 6.07) is 0. The Morgan fingerprint density at radius 2 is 1.80 bits per heavy atom. The molecule has 1 fully saturated rings. The van der Waals surface area contributed by atoms with Gasteiger partial charge in [0.2, 0.25) is 0 Å². The molecule has 0 N–H and O–H groups in total. The van der Waals surface area contributed by atoms with Crippen molar-refractivity contribution in [2.75, 3.05) is 40.4 Å². The van der Waals surface area contributed by atoms with Crippen molar-refractivity contribution < 1.29 is 9.22 Å². The highest BCUT2D eigenvalue weighted by atomic mass is 16.5. The Hall–Kier alpha value is -0.0800. The average Bonchev–Trinajstić information content (AvgIpc) is 1.81. The normalized spacial score (nSPS) is 27.0. The average molecular weight is 144 g/mol. The highest BCUT2D eigenvalue weighted by molar-refractivity contribution is 4.44. The van der Waals surface area contributed by atoms with Gasteiger partial charge in [0.25, 0.3) is 0 Å². The first-order valence-electron chi connectivity index (χ1n) is 4.10. The van der Waals surface area contributed by atoms with E-state index in [9.17, 15) is 0 Å². The lowest BCUT2D eigenvalue weighted by molar-refractivity contribution is -0.891. The lowest BCUT2D eigenvalue weighted by Gasteiger charge is -2.31. The number of ether oxygens (including phenoxy) is 1. The topological polar surface area (TPSA) is 9.23 Å². The maximum atomic E-state index is 5.39. The fourth-order valence-electron chi connectivity index (χ4n) is 1.27. The van der Waals surface area contributed by atoms with Crippen molar-refractivity contribution in [3.8, 4) is 0 Å². The summed E-state index contributed by atoms with van der Waals surface area (Å²) in [5.74, 6) is 0. The van der Waals surface area contributed by atoms with E-state index < -0.39 is 0 Å². The molecule has 0 radical (unpaired) electrons. The summed E-state index contributed by atoms with van der Waals surface area (Å²) in [6.45, 7) is 4.39. The highest BCUT2D eigenvalue weighted by Crippen LogP contribution is 2.04. The zero-order chi connectivity index (χ0) is 7.45. The molecule has 2 nitrogen and oxygen atoms in total. The minimum Gasteiger partial charge on any atom is -0.376 e. The van der Waals surface area contributed by atoms with Gasteiger partial charge in [-0.15, -0.1) is 0 Å². The van der Waals surface area contributed by atoms with Crippen LogP contribution in [0, 0.1) is 0 Å². The monoisotopic (exact) mass is 144 g/mol. The number of hydrogen-bond acceptors (Lipinski definition) is 1. The molecular weight excluding hydrogens is 126 g/mol. The molecule has 10 heavy (non-hydrogen) atoms. The van der Waals surface area contributed by atoms with Gasteiger partial charge in [0.1, 0.15) is 6.54 Å². The van der Waals surface area contributed by atoms with Crippen molar-refractivity contribution >= 4 is 0 Å². The van der Waals surface area contributed by atoms with Gasteiger partial charge >= 0.3 is 0 Å². The van der Waals surface area contributed by atoms with Gasteiger partial charge in [-0.05, 0) is 12.8 Å². The van der Waals surface area contributed by atoms with Gasteiger partial charge in [-0.2, -0.15) is 0 Å². The molecule has 0 bridgehead atoms. The van der Waals surface area contributed by atoms with Gasteiger partial charge in [-0.25, -0.2) is 0 Å². The molecule has 1 saturated heterocycles. The third-order valence-electron chi connectivity index (χ3n) is 2.14. The number of rotatable bonds is 0. The van der Waals surface area contributed by atoms with Crippen molar-refractivity contribution in [3.63, 3.8) is 0 Å². The lowest BCUT2D eigenvalue weighted by Crippen LogP contribution is -2.44. The molecule has 0 aliphatic carbocycles. The Bertz CT molecular complexity index is 91.4. The molecule has 0 aromatic rings. The fourth-order valence-corrected chi connectivity index (χ4v) is 1.27. The molecule has 60 valence electrons. The van der Waals surface area contributed by atoms with Crippen LogP contribution in [-0.4, -0.2) is 44.9 Å². The molecule has 0 amide bonds. The van der Waals surface area contributed by atoms with Crippen LogP contribution in [0.4, 0.5) is 0 Å². The zero-order valence-electron chi connectivity index (χ0n) is 7.10. The SMILES string of the molecule is C[N+]1(C)CCCCOCC1. The third-order valence-corrected chi connectivity index (χ3v) is 2.14. The van der Waals surface area contributed by atoms with Crippen molar-refractivity contribution in [2.45, 2.75) is 12.8 Å². The van der Waals surface area contributed by atoms with Crippen LogP contribution in [0.3, 0.4) is 0 Å². The number of likely N-dealkylation sites (N-methyl/N-ethyl adjacent to an activating group) is 1. The largest absolute Gasteiger partial charge is 0.376 e. The first-order chi connectivity index (χ1) is 4.71. The molecule has 0 aromatic heterocycles. The Kier molecular flexibility index (Phi) is 2.69. The molecule has 2 heteroatoms. The first kappa shape index (κ1) is 8.02. The van der Waals surface area contributed by atoms with Crippen LogP contribution in [0.15, 0.2) is 0 Å². The smallest absolute Gasteiger partial charge is 0.102 e. The van der Waals surface area contributed by atoms with Gasteiger partial charge in [-0.1, -0.05) is 0 Å². The Labute approximate surface area is 63.4 Å². The molecule has 0 atom stereocenters. The second kappa shape index (κ2) is 3.35. The van der Waals surface area contributed by atoms with Gasteiger partial charge in [0.15, 0.2) is 0 Å². The predicted molar refractivity (Wildman–Crippen MR) is 41.9 cm³/mol. The minimum atomic E-state index is 0.938. The molecule has 0 saturated carbocycles. The van der Waals surface area contributed by atoms with Crippen molar-refractivity contribution in [1.29, 1.82) is 0 Å². The summed E-state index contributed by atoms with van der Waals surface area (Å²) in [5, 5.41) is 0. The Balaban J connectivity index is 2.30. The van der Waals surface area contributed by atoms with Crippen LogP contribution in [0.2, 0.25) is 0 Å². The van der Waals surface area contributed by atoms with Gasteiger partial charge < -0.3 is 9.22 Å². The summed E-state index contributed by atoms with van der Waals surface area (Å²) < 4.78 is 6.52. The molecule has 0 unspecified atom stereocenters. The maximum absolute atomic E-state index is 5.39. The standard InChI is InChI=1S/C8H18NO/c1-9(2)5-3-4-7-10-8-6-9/h3-8H2,1-2H3/q+1. The predicted octanol–water partition coefficient (Wildman–Crippen LogP) is 0.873. The van der Waals surface area contributed by atoms with E-state index in [1.54, 1.807) is 0 Å². The van der Waals surface area contributed by atoms with E-state index in [2.05, 4.69) is 14.1 Å². The molecule has 0 aromatic carbocycles. The second-order valence-electron chi connectivity index (χ2n) is 3.70. The van der Waals surface area contributed by atoms with Gasteiger partial charge in [-0.3, -0.25) is 0 Å². The van der Waals surface area contributed by atoms with Gasteiger partial charge in [0, 0.05) is 6.61 Å². The number of nitrogens with zero attached hydrogens (tertiary/aromatic N) is 1. The summed E-state index contributed by atoms with van der Waals surface area (Å²) in [6.07, 6.45) is 2.55. The number of quaternary nitrogens is 1. The quantitative estimate of drug-likeness (QED) is 0.458. The zero-order valence-corrected chi connectivity index (χ0v) is 7.10.